The van der Waals surface area contributed by atoms with Crippen molar-refractivity contribution in [2.24, 2.45) is 12.5 Å². The number of hydrogen-bond donors (Lipinski definition) is 1. The van der Waals surface area contributed by atoms with Gasteiger partial charge in [0.2, 0.25) is 0 Å². The Bertz CT molecular complexity index is 960. The van der Waals surface area contributed by atoms with Gasteiger partial charge in [0.15, 0.2) is 0 Å². The fourth-order valence-electron chi connectivity index (χ4n) is 4.96. The quantitative estimate of drug-likeness (QED) is 0.736. The number of nitrogens with one attached hydrogen (secondary N) is 1. The average Bonchev–Trinajstić information content (AvgIpc) is 3.15. The van der Waals surface area contributed by atoms with Crippen LogP contribution in [0.25, 0.3) is 0 Å². The molecule has 7 heteroatoms. The van der Waals surface area contributed by atoms with E-state index in [1.807, 2.05) is 43.1 Å². The molecular formula is C25H34N4O3. The summed E-state index contributed by atoms with van der Waals surface area (Å²) in [6, 6.07) is 7.48. The minimum absolute atomic E-state index is 0.0281. The number of benzene rings is 1. The molecule has 0 bridgehead atoms. The van der Waals surface area contributed by atoms with Crippen molar-refractivity contribution in [1.82, 2.24) is 20.0 Å². The van der Waals surface area contributed by atoms with Crippen molar-refractivity contribution >= 4 is 11.8 Å². The number of para-hydroxylation sites is 1. The van der Waals surface area contributed by atoms with Crippen molar-refractivity contribution in [2.45, 2.75) is 51.9 Å². The van der Waals surface area contributed by atoms with Crippen molar-refractivity contribution < 1.29 is 14.3 Å². The number of carbonyl (C=O) groups excluding carboxylic acids is 2. The SMILES string of the molecule is Cc1nn(C)cc1C(=O)N1CCC2(CCCCCCOc3ccccc3C(=O)NC2)CC1. The molecule has 32 heavy (non-hydrogen) atoms. The summed E-state index contributed by atoms with van der Waals surface area (Å²) in [6.07, 6.45) is 9.11. The molecule has 0 radical (unpaired) electrons. The molecule has 2 amide bonds. The highest BCUT2D eigenvalue weighted by Gasteiger charge is 2.36. The van der Waals surface area contributed by atoms with Gasteiger partial charge in [0.25, 0.3) is 11.8 Å². The smallest absolute Gasteiger partial charge is 0.257 e. The Morgan fingerprint density at radius 3 is 2.59 bits per heavy atom. The zero-order valence-electron chi connectivity index (χ0n) is 19.2. The lowest BCUT2D eigenvalue weighted by atomic mass is 9.74. The molecule has 0 saturated carbocycles. The van der Waals surface area contributed by atoms with Crippen molar-refractivity contribution in [1.29, 1.82) is 0 Å². The van der Waals surface area contributed by atoms with E-state index in [4.69, 9.17) is 4.74 Å². The zero-order chi connectivity index (χ0) is 22.6. The first-order valence-corrected chi connectivity index (χ1v) is 11.8. The van der Waals surface area contributed by atoms with E-state index in [2.05, 4.69) is 10.4 Å². The number of amides is 2. The molecule has 2 aliphatic heterocycles. The fourth-order valence-corrected chi connectivity index (χ4v) is 4.96. The van der Waals surface area contributed by atoms with Crippen LogP contribution in [0.5, 0.6) is 5.75 Å². The maximum Gasteiger partial charge on any atom is 0.257 e. The van der Waals surface area contributed by atoms with Crippen LogP contribution >= 0.6 is 0 Å². The van der Waals surface area contributed by atoms with Crippen LogP contribution in [0, 0.1) is 12.3 Å². The maximum absolute atomic E-state index is 13.0. The van der Waals surface area contributed by atoms with Crippen LogP contribution in [0.15, 0.2) is 30.5 Å². The third-order valence-electron chi connectivity index (χ3n) is 6.97. The number of aryl methyl sites for hydroxylation is 2. The summed E-state index contributed by atoms with van der Waals surface area (Å²) in [7, 11) is 1.84. The highest BCUT2D eigenvalue weighted by molar-refractivity contribution is 5.97. The summed E-state index contributed by atoms with van der Waals surface area (Å²) in [6.45, 7) is 4.57. The van der Waals surface area contributed by atoms with Gasteiger partial charge in [-0.3, -0.25) is 14.3 Å². The molecule has 4 rings (SSSR count). The van der Waals surface area contributed by atoms with Crippen molar-refractivity contribution in [2.75, 3.05) is 26.2 Å². The summed E-state index contributed by atoms with van der Waals surface area (Å²) in [5, 5.41) is 7.50. The molecule has 3 heterocycles. The lowest BCUT2D eigenvalue weighted by Crippen LogP contribution is -2.48. The second kappa shape index (κ2) is 9.76. The number of nitrogens with zero attached hydrogens (tertiary/aromatic N) is 3. The van der Waals surface area contributed by atoms with Gasteiger partial charge in [-0.25, -0.2) is 0 Å². The Morgan fingerprint density at radius 1 is 1.09 bits per heavy atom. The van der Waals surface area contributed by atoms with E-state index < -0.39 is 0 Å². The largest absolute Gasteiger partial charge is 0.493 e. The molecule has 1 fully saturated rings. The van der Waals surface area contributed by atoms with Crippen LogP contribution in [0.4, 0.5) is 0 Å². The molecule has 0 unspecified atom stereocenters. The monoisotopic (exact) mass is 438 g/mol. The number of hydrogen-bond acceptors (Lipinski definition) is 4. The van der Waals surface area contributed by atoms with E-state index in [-0.39, 0.29) is 17.2 Å². The van der Waals surface area contributed by atoms with Gasteiger partial charge in [-0.05, 0) is 50.2 Å². The summed E-state index contributed by atoms with van der Waals surface area (Å²) in [5.74, 6) is 0.638. The van der Waals surface area contributed by atoms with Gasteiger partial charge >= 0.3 is 0 Å². The van der Waals surface area contributed by atoms with E-state index in [0.717, 1.165) is 50.6 Å². The summed E-state index contributed by atoms with van der Waals surface area (Å²) < 4.78 is 7.59. The van der Waals surface area contributed by atoms with Crippen molar-refractivity contribution in [3.63, 3.8) is 0 Å². The fraction of sp³-hybridized carbons (Fsp3) is 0.560. The lowest BCUT2D eigenvalue weighted by molar-refractivity contribution is 0.0535. The van der Waals surface area contributed by atoms with Crippen LogP contribution in [-0.4, -0.2) is 52.7 Å². The molecule has 172 valence electrons. The van der Waals surface area contributed by atoms with Gasteiger partial charge in [0.05, 0.1) is 23.4 Å². The van der Waals surface area contributed by atoms with Gasteiger partial charge in [-0.1, -0.05) is 31.4 Å². The number of ether oxygens (including phenoxy) is 1. The predicted molar refractivity (Wildman–Crippen MR) is 123 cm³/mol. The molecule has 0 aliphatic carbocycles. The first kappa shape index (κ1) is 22.4. The second-order valence-corrected chi connectivity index (χ2v) is 9.29. The lowest BCUT2D eigenvalue weighted by Gasteiger charge is -2.42. The Kier molecular flexibility index (Phi) is 6.82. The predicted octanol–water partition coefficient (Wildman–Crippen LogP) is 3.72. The van der Waals surface area contributed by atoms with Gasteiger partial charge in [0, 0.05) is 32.9 Å². The highest BCUT2D eigenvalue weighted by atomic mass is 16.5. The Labute approximate surface area is 190 Å². The number of carbonyl (C=O) groups is 2. The molecule has 1 aromatic heterocycles. The van der Waals surface area contributed by atoms with E-state index in [1.165, 1.54) is 0 Å². The number of likely N-dealkylation sites (tertiary alicyclic amines) is 1. The molecule has 2 aromatic rings. The van der Waals surface area contributed by atoms with Crippen LogP contribution in [0.1, 0.15) is 71.4 Å². The molecule has 2 aliphatic rings. The maximum atomic E-state index is 13.0. The van der Waals surface area contributed by atoms with E-state index in [9.17, 15) is 9.59 Å². The number of piperidine rings is 1. The third-order valence-corrected chi connectivity index (χ3v) is 6.97. The number of aromatic nitrogens is 2. The molecule has 1 N–H and O–H groups in total. The van der Waals surface area contributed by atoms with E-state index in [0.29, 0.717) is 43.1 Å². The molecule has 1 spiro atoms. The van der Waals surface area contributed by atoms with Crippen LogP contribution < -0.4 is 10.1 Å². The number of rotatable bonds is 1. The number of fused-ring (bicyclic) bond motifs is 1. The third kappa shape index (κ3) is 4.97. The van der Waals surface area contributed by atoms with Crippen molar-refractivity contribution in [3.8, 4) is 5.75 Å². The molecule has 1 aromatic carbocycles. The minimum Gasteiger partial charge on any atom is -0.493 e. The Balaban J connectivity index is 1.46. The highest BCUT2D eigenvalue weighted by Crippen LogP contribution is 2.37. The molecule has 1 saturated heterocycles. The minimum atomic E-state index is -0.0799. The van der Waals surface area contributed by atoms with Gasteiger partial charge in [-0.2, -0.15) is 5.10 Å². The summed E-state index contributed by atoms with van der Waals surface area (Å²) in [5.41, 5.74) is 2.08. The Hall–Kier alpha value is -2.83. The van der Waals surface area contributed by atoms with Crippen molar-refractivity contribution in [3.05, 3.63) is 47.3 Å². The first-order valence-electron chi connectivity index (χ1n) is 11.8. The first-order chi connectivity index (χ1) is 15.5. The van der Waals surface area contributed by atoms with E-state index in [1.54, 1.807) is 10.9 Å². The normalized spacial score (nSPS) is 19.7. The average molecular weight is 439 g/mol. The standard InChI is InChI=1S/C25H34N4O3/c1-19-21(17-28(2)27-19)24(31)29-14-12-25(13-15-29)11-7-3-4-8-16-32-22-10-6-5-9-20(22)23(30)26-18-25/h5-6,9-10,17H,3-4,7-8,11-16,18H2,1-2H3,(H,26,30). The second-order valence-electron chi connectivity index (χ2n) is 9.29. The summed E-state index contributed by atoms with van der Waals surface area (Å²) >= 11 is 0. The molecule has 7 nitrogen and oxygen atoms in total. The Morgan fingerprint density at radius 2 is 1.84 bits per heavy atom. The molecular weight excluding hydrogens is 404 g/mol. The van der Waals surface area contributed by atoms with Gasteiger partial charge in [0.1, 0.15) is 5.75 Å². The summed E-state index contributed by atoms with van der Waals surface area (Å²) in [4.78, 5) is 27.9. The topological polar surface area (TPSA) is 76.5 Å². The van der Waals surface area contributed by atoms with Gasteiger partial charge < -0.3 is 15.0 Å². The molecule has 0 atom stereocenters. The zero-order valence-corrected chi connectivity index (χ0v) is 19.2. The van der Waals surface area contributed by atoms with Crippen LogP contribution in [-0.2, 0) is 7.05 Å². The van der Waals surface area contributed by atoms with Gasteiger partial charge in [-0.15, -0.1) is 0 Å². The van der Waals surface area contributed by atoms with Crippen LogP contribution in [0.3, 0.4) is 0 Å². The van der Waals surface area contributed by atoms with E-state index >= 15 is 0 Å². The van der Waals surface area contributed by atoms with Crippen LogP contribution in [0.2, 0.25) is 0 Å².